The SMILES string of the molecule is CSC(=N[C@H](C(=O)O[C@@H]1C[C@H](C)CC[C@H]1C(C)(C)c1ccccc1)[C@H](N=C(SC)SC)C(=O)O[C@@H]1C[C@H](C)CC[C@H]1C(C)(C)c1ccccc1)SC. The second-order valence-corrected chi connectivity index (χ2v) is 19.4. The maximum atomic E-state index is 14.7. The van der Waals surface area contributed by atoms with Crippen LogP contribution in [0.4, 0.5) is 0 Å². The van der Waals surface area contributed by atoms with Crippen molar-refractivity contribution < 1.29 is 19.1 Å². The highest BCUT2D eigenvalue weighted by Crippen LogP contribution is 2.45. The van der Waals surface area contributed by atoms with E-state index in [0.717, 1.165) is 38.5 Å². The Morgan fingerprint density at radius 1 is 0.596 bits per heavy atom. The zero-order chi connectivity index (χ0) is 38.1. The summed E-state index contributed by atoms with van der Waals surface area (Å²) in [6, 6.07) is 18.7. The molecule has 0 N–H and O–H groups in total. The Morgan fingerprint density at radius 2 is 0.923 bits per heavy atom. The molecule has 4 rings (SSSR count). The molecule has 8 atom stereocenters. The minimum Gasteiger partial charge on any atom is -0.460 e. The predicted octanol–water partition coefficient (Wildman–Crippen LogP) is 10.5. The van der Waals surface area contributed by atoms with Gasteiger partial charge in [0, 0.05) is 11.8 Å². The van der Waals surface area contributed by atoms with Crippen LogP contribution in [-0.4, -0.2) is 70.0 Å². The Hall–Kier alpha value is -1.88. The zero-order valence-electron chi connectivity index (χ0n) is 32.8. The van der Waals surface area contributed by atoms with Crippen molar-refractivity contribution in [2.45, 2.75) is 115 Å². The van der Waals surface area contributed by atoms with Gasteiger partial charge in [0.15, 0.2) is 12.1 Å². The number of hydrogen-bond acceptors (Lipinski definition) is 10. The topological polar surface area (TPSA) is 77.3 Å². The van der Waals surface area contributed by atoms with Crippen molar-refractivity contribution in [3.63, 3.8) is 0 Å². The molecule has 2 saturated carbocycles. The number of rotatable bonds is 11. The third-order valence-electron chi connectivity index (χ3n) is 11.5. The molecular weight excluding hydrogens is 725 g/mol. The van der Waals surface area contributed by atoms with E-state index < -0.39 is 24.0 Å². The molecule has 10 heteroatoms. The Bertz CT molecular complexity index is 1390. The molecule has 2 fully saturated rings. The van der Waals surface area contributed by atoms with Crippen LogP contribution in [0.5, 0.6) is 0 Å². The van der Waals surface area contributed by atoms with Crippen LogP contribution in [0.3, 0.4) is 0 Å². The Labute approximate surface area is 330 Å². The fourth-order valence-electron chi connectivity index (χ4n) is 8.28. The van der Waals surface area contributed by atoms with E-state index in [1.54, 1.807) is 0 Å². The molecule has 0 radical (unpaired) electrons. The van der Waals surface area contributed by atoms with E-state index in [-0.39, 0.29) is 34.9 Å². The molecule has 0 aliphatic heterocycles. The Kier molecular flexibility index (Phi) is 16.2. The van der Waals surface area contributed by atoms with E-state index in [1.165, 1.54) is 58.2 Å². The summed E-state index contributed by atoms with van der Waals surface area (Å²) in [5, 5.41) is 0. The number of nitrogens with zero attached hydrogens (tertiary/aromatic N) is 2. The number of ether oxygens (including phenoxy) is 2. The number of aliphatic imine (C=N–C) groups is 2. The Balaban J connectivity index is 1.73. The summed E-state index contributed by atoms with van der Waals surface area (Å²) in [6.07, 6.45) is 12.6. The number of thioether (sulfide) groups is 4. The van der Waals surface area contributed by atoms with Crippen LogP contribution < -0.4 is 0 Å². The number of esters is 2. The highest BCUT2D eigenvalue weighted by molar-refractivity contribution is 8.38. The van der Waals surface area contributed by atoms with Crippen LogP contribution in [0.1, 0.15) is 91.2 Å². The second-order valence-electron chi connectivity index (χ2n) is 15.7. The lowest BCUT2D eigenvalue weighted by Gasteiger charge is -2.44. The van der Waals surface area contributed by atoms with Crippen molar-refractivity contribution in [2.24, 2.45) is 33.7 Å². The summed E-state index contributed by atoms with van der Waals surface area (Å²) in [6.45, 7) is 13.5. The lowest BCUT2D eigenvalue weighted by atomic mass is 9.64. The van der Waals surface area contributed by atoms with Crippen LogP contribution in [0.25, 0.3) is 0 Å². The molecule has 2 aromatic rings. The molecular formula is C42H60N2O4S4. The molecule has 0 heterocycles. The molecule has 2 aliphatic rings. The largest absolute Gasteiger partial charge is 0.460 e. The van der Waals surface area contributed by atoms with Gasteiger partial charge in [-0.05, 0) is 84.5 Å². The second kappa shape index (κ2) is 19.6. The molecule has 2 aromatic carbocycles. The fourth-order valence-corrected chi connectivity index (χ4v) is 10.5. The number of hydrogen-bond donors (Lipinski definition) is 0. The van der Waals surface area contributed by atoms with Gasteiger partial charge in [-0.15, -0.1) is 47.0 Å². The van der Waals surface area contributed by atoms with Crippen LogP contribution in [0.2, 0.25) is 0 Å². The maximum absolute atomic E-state index is 14.7. The van der Waals surface area contributed by atoms with Crippen molar-refractivity contribution in [2.75, 3.05) is 25.0 Å². The number of benzene rings is 2. The van der Waals surface area contributed by atoms with Gasteiger partial charge >= 0.3 is 11.9 Å². The summed E-state index contributed by atoms with van der Waals surface area (Å²) < 4.78 is 14.6. The van der Waals surface area contributed by atoms with Gasteiger partial charge in [-0.2, -0.15) is 0 Å². The predicted molar refractivity (Wildman–Crippen MR) is 228 cm³/mol. The Morgan fingerprint density at radius 3 is 1.23 bits per heavy atom. The van der Waals surface area contributed by atoms with Gasteiger partial charge in [0.05, 0.1) is 0 Å². The lowest BCUT2D eigenvalue weighted by molar-refractivity contribution is -0.166. The van der Waals surface area contributed by atoms with Crippen molar-refractivity contribution in [1.82, 2.24) is 0 Å². The van der Waals surface area contributed by atoms with Crippen molar-refractivity contribution in [3.8, 4) is 0 Å². The molecule has 0 saturated heterocycles. The molecule has 2 aliphatic carbocycles. The standard InChI is InChI=1S/C42H60N2O4S4/c1-27-21-23-31(41(3,4)29-17-13-11-14-18-29)33(25-27)47-37(45)35(43-39(49-7)50-8)36(44-40(51-9)52-10)38(46)48-34-26-28(2)22-24-32(34)42(5,6)30-19-15-12-16-20-30/h11-20,27-28,31-36H,21-26H2,1-10H3/t27-,28-,31-,32-,33-,34-,35+,36+/m1/s1. The summed E-state index contributed by atoms with van der Waals surface area (Å²) in [7, 11) is 0. The number of carbonyl (C=O) groups is 2. The molecule has 52 heavy (non-hydrogen) atoms. The quantitative estimate of drug-likeness (QED) is 0.127. The summed E-state index contributed by atoms with van der Waals surface area (Å²) >= 11 is 5.82. The average molecular weight is 785 g/mol. The molecule has 0 unspecified atom stereocenters. The highest BCUT2D eigenvalue weighted by atomic mass is 32.2. The molecule has 0 bridgehead atoms. The fraction of sp³-hybridized carbons (Fsp3) is 0.619. The van der Waals surface area contributed by atoms with Gasteiger partial charge in [0.25, 0.3) is 0 Å². The van der Waals surface area contributed by atoms with E-state index in [2.05, 4.69) is 90.1 Å². The molecule has 0 amide bonds. The van der Waals surface area contributed by atoms with Crippen LogP contribution in [0, 0.1) is 23.7 Å². The van der Waals surface area contributed by atoms with Crippen molar-refractivity contribution in [3.05, 3.63) is 71.8 Å². The molecule has 6 nitrogen and oxygen atoms in total. The first-order valence-electron chi connectivity index (χ1n) is 18.6. The first kappa shape index (κ1) is 42.9. The van der Waals surface area contributed by atoms with Gasteiger partial charge < -0.3 is 9.47 Å². The highest BCUT2D eigenvalue weighted by Gasteiger charge is 2.47. The first-order valence-corrected chi connectivity index (χ1v) is 23.5. The van der Waals surface area contributed by atoms with Crippen molar-refractivity contribution in [1.29, 1.82) is 0 Å². The minimum atomic E-state index is -1.18. The average Bonchev–Trinajstić information content (AvgIpc) is 3.13. The van der Waals surface area contributed by atoms with Crippen LogP contribution in [0.15, 0.2) is 70.6 Å². The van der Waals surface area contributed by atoms with E-state index in [0.29, 0.717) is 20.6 Å². The molecule has 0 aromatic heterocycles. The van der Waals surface area contributed by atoms with Gasteiger partial charge in [0.1, 0.15) is 21.0 Å². The normalized spacial score (nSPS) is 25.0. The molecule has 0 spiro atoms. The van der Waals surface area contributed by atoms with Gasteiger partial charge in [-0.25, -0.2) is 9.59 Å². The maximum Gasteiger partial charge on any atom is 0.334 e. The lowest BCUT2D eigenvalue weighted by Crippen LogP contribution is -2.49. The van der Waals surface area contributed by atoms with Crippen molar-refractivity contribution >= 4 is 67.7 Å². The number of carbonyl (C=O) groups excluding carboxylic acids is 2. The minimum absolute atomic E-state index is 0.104. The first-order chi connectivity index (χ1) is 24.8. The third kappa shape index (κ3) is 10.7. The monoisotopic (exact) mass is 784 g/mol. The van der Waals surface area contributed by atoms with Gasteiger partial charge in [-0.3, -0.25) is 9.98 Å². The van der Waals surface area contributed by atoms with E-state index in [4.69, 9.17) is 19.5 Å². The van der Waals surface area contributed by atoms with Gasteiger partial charge in [0.2, 0.25) is 0 Å². The van der Waals surface area contributed by atoms with Crippen LogP contribution >= 0.6 is 47.0 Å². The van der Waals surface area contributed by atoms with E-state index in [1.807, 2.05) is 37.2 Å². The summed E-state index contributed by atoms with van der Waals surface area (Å²) in [4.78, 5) is 39.3. The van der Waals surface area contributed by atoms with Gasteiger partial charge in [-0.1, -0.05) is 115 Å². The van der Waals surface area contributed by atoms with Crippen LogP contribution in [-0.2, 0) is 29.9 Å². The molecule has 286 valence electrons. The van der Waals surface area contributed by atoms with E-state index >= 15 is 0 Å². The van der Waals surface area contributed by atoms with E-state index in [9.17, 15) is 9.59 Å². The summed E-state index contributed by atoms with van der Waals surface area (Å²) in [5.74, 6) is -0.00389. The third-order valence-corrected chi connectivity index (χ3v) is 15.3. The smallest absolute Gasteiger partial charge is 0.334 e. The summed E-state index contributed by atoms with van der Waals surface area (Å²) in [5.41, 5.74) is 1.99. The zero-order valence-corrected chi connectivity index (χ0v) is 36.1.